The molecular formula is C21H31ClN4O2. The molecule has 2 heterocycles. The Kier molecular flexibility index (Phi) is 8.48. The van der Waals surface area contributed by atoms with E-state index < -0.39 is 0 Å². The first-order chi connectivity index (χ1) is 13.2. The molecule has 1 aliphatic rings. The van der Waals surface area contributed by atoms with E-state index in [1.165, 1.54) is 5.56 Å². The summed E-state index contributed by atoms with van der Waals surface area (Å²) in [5.41, 5.74) is 2.84. The molecule has 0 radical (unpaired) electrons. The molecule has 1 aromatic heterocycles. The van der Waals surface area contributed by atoms with Crippen LogP contribution in [-0.2, 0) is 17.7 Å². The fourth-order valence-corrected chi connectivity index (χ4v) is 3.86. The van der Waals surface area contributed by atoms with Gasteiger partial charge >= 0.3 is 0 Å². The Morgan fingerprint density at radius 1 is 1.29 bits per heavy atom. The number of carbonyl (C=O) groups excluding carboxylic acids is 1. The maximum absolute atomic E-state index is 12.9. The summed E-state index contributed by atoms with van der Waals surface area (Å²) in [6, 6.07) is 10.2. The van der Waals surface area contributed by atoms with Crippen molar-refractivity contribution in [3.05, 3.63) is 53.3 Å². The first kappa shape index (κ1) is 22.4. The molecule has 3 rings (SSSR count). The molecule has 0 atom stereocenters. The standard InChI is InChI=1S/C21H30N4O2.ClH/c1-3-19-18(13-24-25(19)14-17-7-5-4-6-8-17)20(26)23-15-21(16-27-2)9-11-22-12-10-21;/h4-8,13,22H,3,9-12,14-16H2,1-2H3,(H,23,26);1H. The minimum Gasteiger partial charge on any atom is -0.384 e. The second-order valence-corrected chi connectivity index (χ2v) is 7.37. The monoisotopic (exact) mass is 406 g/mol. The predicted molar refractivity (Wildman–Crippen MR) is 113 cm³/mol. The number of benzene rings is 1. The zero-order valence-corrected chi connectivity index (χ0v) is 17.6. The summed E-state index contributed by atoms with van der Waals surface area (Å²) in [5.74, 6) is -0.0415. The van der Waals surface area contributed by atoms with Crippen molar-refractivity contribution < 1.29 is 9.53 Å². The lowest BCUT2D eigenvalue weighted by Crippen LogP contribution is -2.47. The van der Waals surface area contributed by atoms with Crippen molar-refractivity contribution in [2.45, 2.75) is 32.7 Å². The zero-order chi connectivity index (χ0) is 19.1. The van der Waals surface area contributed by atoms with Gasteiger partial charge in [-0.15, -0.1) is 12.4 Å². The Balaban J connectivity index is 0.00000280. The molecule has 0 saturated carbocycles. The van der Waals surface area contributed by atoms with Crippen LogP contribution in [0.4, 0.5) is 0 Å². The molecule has 6 nitrogen and oxygen atoms in total. The number of ether oxygens (including phenoxy) is 1. The fraction of sp³-hybridized carbons (Fsp3) is 0.524. The van der Waals surface area contributed by atoms with E-state index in [4.69, 9.17) is 4.74 Å². The van der Waals surface area contributed by atoms with E-state index in [-0.39, 0.29) is 23.7 Å². The summed E-state index contributed by atoms with van der Waals surface area (Å²) in [6.45, 7) is 5.98. The molecule has 0 bridgehead atoms. The highest BCUT2D eigenvalue weighted by Crippen LogP contribution is 2.28. The second kappa shape index (κ2) is 10.6. The van der Waals surface area contributed by atoms with Crippen LogP contribution in [0.5, 0.6) is 0 Å². The summed E-state index contributed by atoms with van der Waals surface area (Å²) < 4.78 is 7.37. The summed E-state index contributed by atoms with van der Waals surface area (Å²) in [6.07, 6.45) is 4.48. The molecule has 0 unspecified atom stereocenters. The van der Waals surface area contributed by atoms with Gasteiger partial charge in [0.25, 0.3) is 5.91 Å². The van der Waals surface area contributed by atoms with Crippen molar-refractivity contribution >= 4 is 18.3 Å². The van der Waals surface area contributed by atoms with Crippen LogP contribution >= 0.6 is 12.4 Å². The lowest BCUT2D eigenvalue weighted by atomic mass is 9.79. The van der Waals surface area contributed by atoms with Crippen molar-refractivity contribution in [2.24, 2.45) is 5.41 Å². The van der Waals surface area contributed by atoms with Crippen LogP contribution in [0.15, 0.2) is 36.5 Å². The minimum atomic E-state index is -0.0415. The first-order valence-corrected chi connectivity index (χ1v) is 9.74. The van der Waals surface area contributed by atoms with Crippen molar-refractivity contribution in [2.75, 3.05) is 33.4 Å². The van der Waals surface area contributed by atoms with E-state index in [1.807, 2.05) is 22.9 Å². The topological polar surface area (TPSA) is 68.2 Å². The maximum atomic E-state index is 12.9. The molecule has 28 heavy (non-hydrogen) atoms. The number of carbonyl (C=O) groups is 1. The number of nitrogens with zero attached hydrogens (tertiary/aromatic N) is 2. The third-order valence-electron chi connectivity index (χ3n) is 5.44. The number of rotatable bonds is 8. The van der Waals surface area contributed by atoms with Crippen LogP contribution in [0.1, 0.15) is 41.4 Å². The Labute approximate surface area is 173 Å². The van der Waals surface area contributed by atoms with Crippen molar-refractivity contribution in [1.29, 1.82) is 0 Å². The molecule has 1 amide bonds. The Morgan fingerprint density at radius 2 is 2.00 bits per heavy atom. The maximum Gasteiger partial charge on any atom is 0.254 e. The molecule has 1 saturated heterocycles. The number of halogens is 1. The van der Waals surface area contributed by atoms with Crippen LogP contribution in [0.25, 0.3) is 0 Å². The van der Waals surface area contributed by atoms with Gasteiger partial charge in [-0.05, 0) is 37.9 Å². The van der Waals surface area contributed by atoms with Crippen molar-refractivity contribution in [3.63, 3.8) is 0 Å². The highest BCUT2D eigenvalue weighted by atomic mass is 35.5. The summed E-state index contributed by atoms with van der Waals surface area (Å²) >= 11 is 0. The molecule has 1 aliphatic heterocycles. The van der Waals surface area contributed by atoms with Gasteiger partial charge < -0.3 is 15.4 Å². The van der Waals surface area contributed by atoms with Gasteiger partial charge in [0, 0.05) is 19.1 Å². The Bertz CT molecular complexity index is 737. The summed E-state index contributed by atoms with van der Waals surface area (Å²) in [7, 11) is 1.73. The molecule has 154 valence electrons. The van der Waals surface area contributed by atoms with E-state index >= 15 is 0 Å². The number of nitrogens with one attached hydrogen (secondary N) is 2. The SMILES string of the molecule is CCc1c(C(=O)NCC2(COC)CCNCC2)cnn1Cc1ccccc1.Cl. The van der Waals surface area contributed by atoms with Gasteiger partial charge in [-0.25, -0.2) is 0 Å². The van der Waals surface area contributed by atoms with Crippen molar-refractivity contribution in [3.8, 4) is 0 Å². The molecular weight excluding hydrogens is 376 g/mol. The van der Waals surface area contributed by atoms with Crippen LogP contribution in [0.2, 0.25) is 0 Å². The van der Waals surface area contributed by atoms with Gasteiger partial charge in [-0.3, -0.25) is 9.48 Å². The van der Waals surface area contributed by atoms with Crippen LogP contribution in [0, 0.1) is 5.41 Å². The smallest absolute Gasteiger partial charge is 0.254 e. The van der Waals surface area contributed by atoms with Crippen LogP contribution < -0.4 is 10.6 Å². The van der Waals surface area contributed by atoms with Gasteiger partial charge in [0.05, 0.1) is 30.6 Å². The number of hydrogen-bond acceptors (Lipinski definition) is 4. The quantitative estimate of drug-likeness (QED) is 0.707. The Hall–Kier alpha value is -1.89. The van der Waals surface area contributed by atoms with E-state index in [2.05, 4.69) is 34.8 Å². The number of methoxy groups -OCH3 is 1. The molecule has 0 aliphatic carbocycles. The van der Waals surface area contributed by atoms with Gasteiger partial charge in [-0.2, -0.15) is 5.10 Å². The van der Waals surface area contributed by atoms with E-state index in [1.54, 1.807) is 13.3 Å². The van der Waals surface area contributed by atoms with E-state index in [0.717, 1.165) is 38.0 Å². The average molecular weight is 407 g/mol. The zero-order valence-electron chi connectivity index (χ0n) is 16.7. The molecule has 0 spiro atoms. The molecule has 2 aromatic rings. The van der Waals surface area contributed by atoms with E-state index in [0.29, 0.717) is 25.3 Å². The highest BCUT2D eigenvalue weighted by Gasteiger charge is 2.33. The lowest BCUT2D eigenvalue weighted by Gasteiger charge is -2.37. The summed E-state index contributed by atoms with van der Waals surface area (Å²) in [4.78, 5) is 12.9. The third-order valence-corrected chi connectivity index (χ3v) is 5.44. The van der Waals surface area contributed by atoms with Crippen molar-refractivity contribution in [1.82, 2.24) is 20.4 Å². The lowest BCUT2D eigenvalue weighted by molar-refractivity contribution is 0.0511. The molecule has 1 fully saturated rings. The summed E-state index contributed by atoms with van der Waals surface area (Å²) in [5, 5.41) is 11.0. The van der Waals surface area contributed by atoms with E-state index in [9.17, 15) is 4.79 Å². The second-order valence-electron chi connectivity index (χ2n) is 7.37. The molecule has 7 heteroatoms. The number of amides is 1. The Morgan fingerprint density at radius 3 is 2.64 bits per heavy atom. The minimum absolute atomic E-state index is 0. The molecule has 1 aromatic carbocycles. The van der Waals surface area contributed by atoms with Crippen LogP contribution in [-0.4, -0.2) is 49.0 Å². The number of piperidine rings is 1. The van der Waals surface area contributed by atoms with Gasteiger partial charge in [0.1, 0.15) is 0 Å². The highest BCUT2D eigenvalue weighted by molar-refractivity contribution is 5.95. The number of aromatic nitrogens is 2. The number of hydrogen-bond donors (Lipinski definition) is 2. The van der Waals surface area contributed by atoms with Crippen LogP contribution in [0.3, 0.4) is 0 Å². The molecule has 2 N–H and O–H groups in total. The third kappa shape index (κ3) is 5.34. The fourth-order valence-electron chi connectivity index (χ4n) is 3.86. The normalized spacial score (nSPS) is 15.6. The van der Waals surface area contributed by atoms with Gasteiger partial charge in [-0.1, -0.05) is 37.3 Å². The largest absolute Gasteiger partial charge is 0.384 e. The van der Waals surface area contributed by atoms with Gasteiger partial charge in [0.2, 0.25) is 0 Å². The predicted octanol–water partition coefficient (Wildman–Crippen LogP) is 2.66. The van der Waals surface area contributed by atoms with Gasteiger partial charge in [0.15, 0.2) is 0 Å². The average Bonchev–Trinajstić information content (AvgIpc) is 3.10. The first-order valence-electron chi connectivity index (χ1n) is 9.74.